The molecule has 1 rings (SSSR count). The highest BCUT2D eigenvalue weighted by molar-refractivity contribution is 5.90. The third-order valence-electron chi connectivity index (χ3n) is 3.05. The predicted octanol–water partition coefficient (Wildman–Crippen LogP) is 2.71. The highest BCUT2D eigenvalue weighted by Gasteiger charge is 2.27. The summed E-state index contributed by atoms with van der Waals surface area (Å²) in [7, 11) is 0. The van der Waals surface area contributed by atoms with Gasteiger partial charge in [0.15, 0.2) is 0 Å². The van der Waals surface area contributed by atoms with Crippen molar-refractivity contribution in [3.8, 4) is 0 Å². The molecule has 0 atom stereocenters. The molecular weight excluding hydrogens is 313 g/mol. The molecule has 0 heterocycles. The quantitative estimate of drug-likeness (QED) is 0.754. The van der Waals surface area contributed by atoms with Crippen molar-refractivity contribution in [2.45, 2.75) is 20.0 Å². The second kappa shape index (κ2) is 8.73. The van der Waals surface area contributed by atoms with E-state index >= 15 is 0 Å². The molecule has 8 heteroatoms. The number of benzene rings is 1. The van der Waals surface area contributed by atoms with E-state index in [1.54, 1.807) is 6.07 Å². The summed E-state index contributed by atoms with van der Waals surface area (Å²) in [6, 6.07) is 4.99. The minimum absolute atomic E-state index is 0.00607. The van der Waals surface area contributed by atoms with E-state index in [9.17, 15) is 18.0 Å². The molecule has 0 saturated carbocycles. The zero-order chi connectivity index (χ0) is 17.5. The van der Waals surface area contributed by atoms with E-state index in [0.29, 0.717) is 5.69 Å². The molecule has 0 bridgehead atoms. The number of carbonyl (C=O) groups excluding carboxylic acids is 1. The Balaban J connectivity index is 2.56. The predicted molar refractivity (Wildman–Crippen MR) is 80.5 cm³/mol. The number of ether oxygens (including phenoxy) is 1. The number of nitrogens with one attached hydrogen (secondary N) is 1. The van der Waals surface area contributed by atoms with Gasteiger partial charge in [0.2, 0.25) is 0 Å². The molecule has 0 aliphatic heterocycles. The van der Waals surface area contributed by atoms with Crippen molar-refractivity contribution in [2.24, 2.45) is 0 Å². The molecule has 0 fully saturated rings. The molecule has 0 aliphatic rings. The summed E-state index contributed by atoms with van der Waals surface area (Å²) in [5.74, 6) is 0. The van der Waals surface area contributed by atoms with Crippen LogP contribution in [0.15, 0.2) is 18.2 Å². The smallest absolute Gasteiger partial charge is 0.395 e. The van der Waals surface area contributed by atoms with E-state index in [4.69, 9.17) is 5.11 Å². The lowest BCUT2D eigenvalue weighted by atomic mass is 10.1. The number of hydrogen-bond donors (Lipinski definition) is 2. The monoisotopic (exact) mass is 334 g/mol. The number of urea groups is 1. The minimum atomic E-state index is -4.40. The number of alkyl halides is 3. The zero-order valence-electron chi connectivity index (χ0n) is 13.1. The summed E-state index contributed by atoms with van der Waals surface area (Å²) in [5, 5.41) is 11.7. The normalized spacial score (nSPS) is 11.4. The number of carbonyl (C=O) groups is 1. The van der Waals surface area contributed by atoms with Crippen molar-refractivity contribution in [3.05, 3.63) is 29.3 Å². The van der Waals surface area contributed by atoms with Gasteiger partial charge in [-0.05, 0) is 25.5 Å². The Hall–Kier alpha value is -1.80. The number of rotatable bonds is 7. The van der Waals surface area contributed by atoms with Crippen molar-refractivity contribution >= 4 is 11.7 Å². The van der Waals surface area contributed by atoms with E-state index in [0.717, 1.165) is 11.1 Å². The topological polar surface area (TPSA) is 61.8 Å². The van der Waals surface area contributed by atoms with Gasteiger partial charge >= 0.3 is 12.2 Å². The fraction of sp³-hybridized carbons (Fsp3) is 0.533. The minimum Gasteiger partial charge on any atom is -0.395 e. The molecule has 0 aromatic heterocycles. The number of hydrogen-bond acceptors (Lipinski definition) is 3. The second-order valence-electron chi connectivity index (χ2n) is 5.13. The Labute approximate surface area is 133 Å². The van der Waals surface area contributed by atoms with E-state index in [-0.39, 0.29) is 26.3 Å². The second-order valence-corrected chi connectivity index (χ2v) is 5.13. The van der Waals surface area contributed by atoms with Gasteiger partial charge in [-0.25, -0.2) is 4.79 Å². The molecule has 2 amide bonds. The molecule has 0 radical (unpaired) electrons. The molecule has 1 aromatic rings. The van der Waals surface area contributed by atoms with Crippen LogP contribution in [0.3, 0.4) is 0 Å². The molecule has 0 saturated heterocycles. The van der Waals surface area contributed by atoms with Crippen LogP contribution in [0.4, 0.5) is 23.7 Å². The first-order chi connectivity index (χ1) is 10.7. The number of aryl methyl sites for hydroxylation is 2. The van der Waals surface area contributed by atoms with Crippen molar-refractivity contribution in [2.75, 3.05) is 38.2 Å². The van der Waals surface area contributed by atoms with E-state index < -0.39 is 18.8 Å². The van der Waals surface area contributed by atoms with Gasteiger partial charge in [-0.15, -0.1) is 0 Å². The van der Waals surface area contributed by atoms with Crippen LogP contribution in [0.5, 0.6) is 0 Å². The van der Waals surface area contributed by atoms with Gasteiger partial charge < -0.3 is 20.1 Å². The molecular formula is C15H21F3N2O3. The Bertz CT molecular complexity index is 521. The molecule has 23 heavy (non-hydrogen) atoms. The van der Waals surface area contributed by atoms with Crippen LogP contribution in [-0.4, -0.2) is 55.1 Å². The van der Waals surface area contributed by atoms with Crippen LogP contribution in [0.2, 0.25) is 0 Å². The number of aliphatic hydroxyl groups is 1. The fourth-order valence-electron chi connectivity index (χ4n) is 1.95. The molecule has 2 N–H and O–H groups in total. The van der Waals surface area contributed by atoms with E-state index in [1.807, 2.05) is 26.0 Å². The maximum atomic E-state index is 12.2. The van der Waals surface area contributed by atoms with Gasteiger partial charge in [0.1, 0.15) is 6.61 Å². The zero-order valence-corrected chi connectivity index (χ0v) is 13.1. The Morgan fingerprint density at radius 1 is 1.30 bits per heavy atom. The van der Waals surface area contributed by atoms with Crippen molar-refractivity contribution in [1.82, 2.24) is 4.90 Å². The highest BCUT2D eigenvalue weighted by atomic mass is 19.4. The van der Waals surface area contributed by atoms with Crippen LogP contribution >= 0.6 is 0 Å². The van der Waals surface area contributed by atoms with Crippen LogP contribution in [-0.2, 0) is 4.74 Å². The lowest BCUT2D eigenvalue weighted by Crippen LogP contribution is -2.39. The third-order valence-corrected chi connectivity index (χ3v) is 3.05. The lowest BCUT2D eigenvalue weighted by molar-refractivity contribution is -0.174. The van der Waals surface area contributed by atoms with E-state index in [2.05, 4.69) is 10.1 Å². The van der Waals surface area contributed by atoms with E-state index in [1.165, 1.54) is 4.90 Å². The maximum absolute atomic E-state index is 12.2. The third kappa shape index (κ3) is 7.34. The highest BCUT2D eigenvalue weighted by Crippen LogP contribution is 2.17. The van der Waals surface area contributed by atoms with Crippen LogP contribution in [0, 0.1) is 13.8 Å². The van der Waals surface area contributed by atoms with Crippen LogP contribution in [0.25, 0.3) is 0 Å². The molecule has 0 aliphatic carbocycles. The van der Waals surface area contributed by atoms with Gasteiger partial charge in [0.25, 0.3) is 0 Å². The van der Waals surface area contributed by atoms with Crippen molar-refractivity contribution in [3.63, 3.8) is 0 Å². The van der Waals surface area contributed by atoms with Gasteiger partial charge in [0.05, 0.1) is 13.2 Å². The fourth-order valence-corrected chi connectivity index (χ4v) is 1.95. The molecule has 1 aromatic carbocycles. The number of aliphatic hydroxyl groups excluding tert-OH is 1. The summed E-state index contributed by atoms with van der Waals surface area (Å²) < 4.78 is 40.5. The first kappa shape index (κ1) is 19.2. The number of amides is 2. The van der Waals surface area contributed by atoms with Crippen molar-refractivity contribution in [1.29, 1.82) is 0 Å². The molecule has 130 valence electrons. The van der Waals surface area contributed by atoms with Crippen LogP contribution < -0.4 is 5.32 Å². The average Bonchev–Trinajstić information content (AvgIpc) is 2.44. The Morgan fingerprint density at radius 2 is 2.00 bits per heavy atom. The summed E-state index contributed by atoms with van der Waals surface area (Å²) >= 11 is 0. The van der Waals surface area contributed by atoms with Gasteiger partial charge in [-0.1, -0.05) is 17.7 Å². The van der Waals surface area contributed by atoms with Gasteiger partial charge in [-0.2, -0.15) is 13.2 Å². The Kier molecular flexibility index (Phi) is 7.31. The lowest BCUT2D eigenvalue weighted by Gasteiger charge is -2.23. The first-order valence-electron chi connectivity index (χ1n) is 7.11. The average molecular weight is 334 g/mol. The number of halogens is 3. The summed E-state index contributed by atoms with van der Waals surface area (Å²) in [6.07, 6.45) is -4.40. The molecule has 5 nitrogen and oxygen atoms in total. The summed E-state index contributed by atoms with van der Waals surface area (Å²) in [6.45, 7) is 1.80. The molecule has 0 spiro atoms. The maximum Gasteiger partial charge on any atom is 0.411 e. The molecule has 0 unspecified atom stereocenters. The van der Waals surface area contributed by atoms with Gasteiger partial charge in [-0.3, -0.25) is 0 Å². The summed E-state index contributed by atoms with van der Waals surface area (Å²) in [4.78, 5) is 13.4. The van der Waals surface area contributed by atoms with Crippen molar-refractivity contribution < 1.29 is 27.8 Å². The van der Waals surface area contributed by atoms with Gasteiger partial charge in [0, 0.05) is 18.8 Å². The number of anilines is 1. The Morgan fingerprint density at radius 3 is 2.57 bits per heavy atom. The van der Waals surface area contributed by atoms with Crippen LogP contribution in [0.1, 0.15) is 11.1 Å². The summed E-state index contributed by atoms with van der Waals surface area (Å²) in [5.41, 5.74) is 2.53. The first-order valence-corrected chi connectivity index (χ1v) is 7.11. The largest absolute Gasteiger partial charge is 0.411 e. The SMILES string of the molecule is Cc1ccc(NC(=O)N(CCO)CCOCC(F)(F)F)c(C)c1. The number of nitrogens with zero attached hydrogens (tertiary/aromatic N) is 1. The standard InChI is InChI=1S/C15H21F3N2O3/c1-11-3-4-13(12(2)9-11)19-14(22)20(5-7-21)6-8-23-10-15(16,17)18/h3-4,9,21H,5-8,10H2,1-2H3,(H,19,22).